The molecule has 0 radical (unpaired) electrons. The molecule has 16 heavy (non-hydrogen) atoms. The topological polar surface area (TPSA) is 72.2 Å². The van der Waals surface area contributed by atoms with Gasteiger partial charge in [-0.25, -0.2) is 13.1 Å². The molecule has 3 N–H and O–H groups in total. The summed E-state index contributed by atoms with van der Waals surface area (Å²) >= 11 is 0. The van der Waals surface area contributed by atoms with Crippen molar-refractivity contribution in [2.24, 2.45) is 17.1 Å². The Morgan fingerprint density at radius 2 is 2.00 bits per heavy atom. The molecule has 96 valence electrons. The van der Waals surface area contributed by atoms with Gasteiger partial charge in [-0.2, -0.15) is 0 Å². The first-order valence-electron chi connectivity index (χ1n) is 6.02. The van der Waals surface area contributed by atoms with Gasteiger partial charge in [0.15, 0.2) is 0 Å². The minimum atomic E-state index is -3.06. The molecule has 0 saturated heterocycles. The van der Waals surface area contributed by atoms with Crippen molar-refractivity contribution in [1.82, 2.24) is 4.72 Å². The van der Waals surface area contributed by atoms with E-state index in [0.29, 0.717) is 24.8 Å². The van der Waals surface area contributed by atoms with Crippen molar-refractivity contribution in [3.05, 3.63) is 0 Å². The Balaban J connectivity index is 2.30. The van der Waals surface area contributed by atoms with Gasteiger partial charge in [-0.1, -0.05) is 13.8 Å². The van der Waals surface area contributed by atoms with Crippen LogP contribution >= 0.6 is 0 Å². The van der Waals surface area contributed by atoms with E-state index in [1.807, 2.05) is 0 Å². The quantitative estimate of drug-likeness (QED) is 0.675. The van der Waals surface area contributed by atoms with Gasteiger partial charge >= 0.3 is 0 Å². The molecule has 0 aromatic carbocycles. The second-order valence-electron chi connectivity index (χ2n) is 5.60. The molecule has 1 rings (SSSR count). The lowest BCUT2D eigenvalue weighted by atomic mass is 9.88. The molecule has 1 aliphatic carbocycles. The molecule has 0 unspecified atom stereocenters. The fourth-order valence-corrected chi connectivity index (χ4v) is 3.31. The lowest BCUT2D eigenvalue weighted by molar-refractivity contribution is 0.327. The third-order valence-electron chi connectivity index (χ3n) is 2.98. The first-order valence-corrected chi connectivity index (χ1v) is 7.67. The Morgan fingerprint density at radius 1 is 1.38 bits per heavy atom. The first kappa shape index (κ1) is 13.9. The molecule has 1 fully saturated rings. The predicted octanol–water partition coefficient (Wildman–Crippen LogP) is 1.08. The zero-order valence-electron chi connectivity index (χ0n) is 10.3. The van der Waals surface area contributed by atoms with Crippen molar-refractivity contribution in [1.29, 1.82) is 0 Å². The van der Waals surface area contributed by atoms with Crippen LogP contribution < -0.4 is 10.5 Å². The molecule has 4 nitrogen and oxygen atoms in total. The maximum atomic E-state index is 11.7. The molecular formula is C11H24N2O2S. The fraction of sp³-hybridized carbons (Fsp3) is 1.00. The van der Waals surface area contributed by atoms with Crippen LogP contribution in [0, 0.1) is 11.3 Å². The van der Waals surface area contributed by atoms with Gasteiger partial charge < -0.3 is 5.73 Å². The van der Waals surface area contributed by atoms with Crippen molar-refractivity contribution in [2.75, 3.05) is 18.8 Å². The maximum Gasteiger partial charge on any atom is 0.211 e. The average molecular weight is 248 g/mol. The molecule has 0 bridgehead atoms. The van der Waals surface area contributed by atoms with Crippen LogP contribution in [0.5, 0.6) is 0 Å². The van der Waals surface area contributed by atoms with E-state index in [4.69, 9.17) is 5.73 Å². The largest absolute Gasteiger partial charge is 0.330 e. The zero-order chi connectivity index (χ0) is 12.2. The molecule has 5 heteroatoms. The van der Waals surface area contributed by atoms with E-state index in [0.717, 1.165) is 25.7 Å². The van der Waals surface area contributed by atoms with Crippen LogP contribution in [0.4, 0.5) is 0 Å². The number of hydrogen-bond donors (Lipinski definition) is 2. The van der Waals surface area contributed by atoms with Gasteiger partial charge in [0.25, 0.3) is 0 Å². The SMILES string of the molecule is CC(C)(CCCN)CNS(=O)(=O)CC1CC1. The molecule has 0 spiro atoms. The first-order chi connectivity index (χ1) is 7.35. The highest BCUT2D eigenvalue weighted by molar-refractivity contribution is 7.89. The van der Waals surface area contributed by atoms with Crippen molar-refractivity contribution in [3.8, 4) is 0 Å². The average Bonchev–Trinajstić information content (AvgIpc) is 2.95. The summed E-state index contributed by atoms with van der Waals surface area (Å²) in [6.45, 7) is 5.32. The smallest absolute Gasteiger partial charge is 0.211 e. The van der Waals surface area contributed by atoms with Crippen molar-refractivity contribution >= 4 is 10.0 Å². The Morgan fingerprint density at radius 3 is 2.50 bits per heavy atom. The summed E-state index contributed by atoms with van der Waals surface area (Å²) in [5.74, 6) is 0.713. The lowest BCUT2D eigenvalue weighted by Gasteiger charge is -2.24. The van der Waals surface area contributed by atoms with Crippen LogP contribution in [0.25, 0.3) is 0 Å². The highest BCUT2D eigenvalue weighted by Crippen LogP contribution is 2.30. The van der Waals surface area contributed by atoms with Crippen LogP contribution in [0.3, 0.4) is 0 Å². The third-order valence-corrected chi connectivity index (χ3v) is 4.47. The summed E-state index contributed by atoms with van der Waals surface area (Å²) in [6.07, 6.45) is 4.03. The number of rotatable bonds is 8. The molecule has 0 aromatic heterocycles. The summed E-state index contributed by atoms with van der Waals surface area (Å²) in [6, 6.07) is 0. The summed E-state index contributed by atoms with van der Waals surface area (Å²) in [5.41, 5.74) is 5.45. The second-order valence-corrected chi connectivity index (χ2v) is 7.45. The highest BCUT2D eigenvalue weighted by Gasteiger charge is 2.29. The van der Waals surface area contributed by atoms with E-state index in [1.54, 1.807) is 0 Å². The molecular weight excluding hydrogens is 224 g/mol. The molecule has 0 aromatic rings. The zero-order valence-corrected chi connectivity index (χ0v) is 11.1. The standard InChI is InChI=1S/C11H24N2O2S/c1-11(2,6-3-7-12)9-13-16(14,15)8-10-4-5-10/h10,13H,3-9,12H2,1-2H3. The Hall–Kier alpha value is -0.130. The van der Waals surface area contributed by atoms with Crippen LogP contribution in [-0.2, 0) is 10.0 Å². The molecule has 1 saturated carbocycles. The van der Waals surface area contributed by atoms with E-state index < -0.39 is 10.0 Å². The minimum Gasteiger partial charge on any atom is -0.330 e. The molecule has 0 aliphatic heterocycles. The number of nitrogens with two attached hydrogens (primary N) is 1. The minimum absolute atomic E-state index is 0.00398. The van der Waals surface area contributed by atoms with Crippen LogP contribution in [0.15, 0.2) is 0 Å². The normalized spacial score (nSPS) is 17.7. The maximum absolute atomic E-state index is 11.7. The lowest BCUT2D eigenvalue weighted by Crippen LogP contribution is -2.36. The number of nitrogens with one attached hydrogen (secondary N) is 1. The Labute approximate surface area is 99.0 Å². The van der Waals surface area contributed by atoms with Gasteiger partial charge in [-0.3, -0.25) is 0 Å². The summed E-state index contributed by atoms with van der Waals surface area (Å²) < 4.78 is 26.0. The van der Waals surface area contributed by atoms with E-state index in [-0.39, 0.29) is 5.41 Å². The van der Waals surface area contributed by atoms with Gasteiger partial charge in [-0.15, -0.1) is 0 Å². The summed E-state index contributed by atoms with van der Waals surface area (Å²) in [5, 5.41) is 0. The Kier molecular flexibility index (Phi) is 4.76. The molecule has 1 aliphatic rings. The van der Waals surface area contributed by atoms with Gasteiger partial charge in [-0.05, 0) is 43.6 Å². The second kappa shape index (κ2) is 5.47. The van der Waals surface area contributed by atoms with E-state index in [9.17, 15) is 8.42 Å². The van der Waals surface area contributed by atoms with Crippen molar-refractivity contribution in [2.45, 2.75) is 39.5 Å². The fourth-order valence-electron chi connectivity index (χ4n) is 1.63. The van der Waals surface area contributed by atoms with E-state index >= 15 is 0 Å². The monoisotopic (exact) mass is 248 g/mol. The van der Waals surface area contributed by atoms with Gasteiger partial charge in [0.1, 0.15) is 0 Å². The van der Waals surface area contributed by atoms with Crippen molar-refractivity contribution < 1.29 is 8.42 Å². The van der Waals surface area contributed by atoms with Gasteiger partial charge in [0.2, 0.25) is 10.0 Å². The predicted molar refractivity (Wildman–Crippen MR) is 66.6 cm³/mol. The van der Waals surface area contributed by atoms with Gasteiger partial charge in [0, 0.05) is 6.54 Å². The number of sulfonamides is 1. The van der Waals surface area contributed by atoms with Crippen LogP contribution in [0.1, 0.15) is 39.5 Å². The Bertz CT molecular complexity index is 308. The summed E-state index contributed by atoms with van der Waals surface area (Å²) in [7, 11) is -3.06. The van der Waals surface area contributed by atoms with Crippen LogP contribution in [-0.4, -0.2) is 27.3 Å². The van der Waals surface area contributed by atoms with E-state index in [1.165, 1.54) is 0 Å². The summed E-state index contributed by atoms with van der Waals surface area (Å²) in [4.78, 5) is 0. The van der Waals surface area contributed by atoms with Gasteiger partial charge in [0.05, 0.1) is 5.75 Å². The molecule has 0 amide bonds. The van der Waals surface area contributed by atoms with Crippen molar-refractivity contribution in [3.63, 3.8) is 0 Å². The highest BCUT2D eigenvalue weighted by atomic mass is 32.2. The number of hydrogen-bond acceptors (Lipinski definition) is 3. The van der Waals surface area contributed by atoms with Crippen LogP contribution in [0.2, 0.25) is 0 Å². The van der Waals surface area contributed by atoms with E-state index in [2.05, 4.69) is 18.6 Å². The molecule has 0 atom stereocenters. The third kappa shape index (κ3) is 5.82. The molecule has 0 heterocycles.